The van der Waals surface area contributed by atoms with E-state index in [2.05, 4.69) is 5.32 Å². The molecule has 0 radical (unpaired) electrons. The molecule has 102 valence electrons. The largest absolute Gasteiger partial charge is 0.481 e. The van der Waals surface area contributed by atoms with Crippen LogP contribution in [0, 0.1) is 24.6 Å². The van der Waals surface area contributed by atoms with Gasteiger partial charge in [-0.05, 0) is 31.4 Å². The summed E-state index contributed by atoms with van der Waals surface area (Å²) in [6, 6.07) is 4.53. The van der Waals surface area contributed by atoms with Crippen LogP contribution < -0.4 is 5.32 Å². The summed E-state index contributed by atoms with van der Waals surface area (Å²) in [5.41, 5.74) is 0.766. The molecule has 19 heavy (non-hydrogen) atoms. The lowest BCUT2D eigenvalue weighted by molar-refractivity contribution is -0.145. The van der Waals surface area contributed by atoms with Crippen LogP contribution in [0.2, 0.25) is 0 Å². The van der Waals surface area contributed by atoms with E-state index in [1.165, 1.54) is 6.07 Å². The first kappa shape index (κ1) is 13.5. The van der Waals surface area contributed by atoms with E-state index in [0.29, 0.717) is 24.8 Å². The first-order chi connectivity index (χ1) is 9.00. The van der Waals surface area contributed by atoms with Gasteiger partial charge < -0.3 is 10.4 Å². The van der Waals surface area contributed by atoms with Crippen molar-refractivity contribution in [3.8, 4) is 0 Å². The zero-order chi connectivity index (χ0) is 14.0. The van der Waals surface area contributed by atoms with Gasteiger partial charge >= 0.3 is 5.97 Å². The van der Waals surface area contributed by atoms with Crippen LogP contribution in [-0.2, 0) is 9.59 Å². The van der Waals surface area contributed by atoms with E-state index >= 15 is 0 Å². The molecule has 1 amide bonds. The molecule has 1 fully saturated rings. The maximum Gasteiger partial charge on any atom is 0.307 e. The van der Waals surface area contributed by atoms with Gasteiger partial charge in [-0.3, -0.25) is 9.59 Å². The van der Waals surface area contributed by atoms with Crippen molar-refractivity contribution < 1.29 is 19.1 Å². The fraction of sp³-hybridized carbons (Fsp3) is 0.429. The zero-order valence-corrected chi connectivity index (χ0v) is 10.6. The Kier molecular flexibility index (Phi) is 3.83. The predicted molar refractivity (Wildman–Crippen MR) is 68.2 cm³/mol. The highest BCUT2D eigenvalue weighted by atomic mass is 19.1. The van der Waals surface area contributed by atoms with Gasteiger partial charge in [0.1, 0.15) is 5.82 Å². The molecule has 0 aromatic heterocycles. The Balaban J connectivity index is 2.15. The van der Waals surface area contributed by atoms with Crippen LogP contribution in [0.15, 0.2) is 18.2 Å². The Morgan fingerprint density at radius 3 is 2.63 bits per heavy atom. The van der Waals surface area contributed by atoms with E-state index in [4.69, 9.17) is 5.11 Å². The number of nitrogens with one attached hydrogen (secondary N) is 1. The molecule has 2 atom stereocenters. The number of carbonyl (C=O) groups excluding carboxylic acids is 1. The van der Waals surface area contributed by atoms with Crippen LogP contribution in [-0.4, -0.2) is 17.0 Å². The molecule has 1 saturated carbocycles. The molecule has 1 aliphatic rings. The van der Waals surface area contributed by atoms with E-state index < -0.39 is 29.5 Å². The van der Waals surface area contributed by atoms with Gasteiger partial charge in [-0.1, -0.05) is 18.6 Å². The van der Waals surface area contributed by atoms with Crippen molar-refractivity contribution >= 4 is 17.6 Å². The van der Waals surface area contributed by atoms with Gasteiger partial charge in [-0.2, -0.15) is 0 Å². The van der Waals surface area contributed by atoms with Crippen LogP contribution in [0.3, 0.4) is 0 Å². The molecule has 5 heteroatoms. The van der Waals surface area contributed by atoms with Crippen molar-refractivity contribution in [2.45, 2.75) is 26.2 Å². The van der Waals surface area contributed by atoms with Crippen LogP contribution >= 0.6 is 0 Å². The minimum Gasteiger partial charge on any atom is -0.481 e. The summed E-state index contributed by atoms with van der Waals surface area (Å²) in [5.74, 6) is -3.09. The van der Waals surface area contributed by atoms with Crippen molar-refractivity contribution in [2.75, 3.05) is 5.32 Å². The Labute approximate surface area is 110 Å². The van der Waals surface area contributed by atoms with Crippen molar-refractivity contribution in [2.24, 2.45) is 11.8 Å². The number of carboxylic acid groups (broad SMARTS) is 1. The lowest BCUT2D eigenvalue weighted by atomic mass is 9.95. The SMILES string of the molecule is Cc1cccc(F)c1NC(=O)C1CCCC1C(=O)O. The van der Waals surface area contributed by atoms with Crippen molar-refractivity contribution in [1.82, 2.24) is 0 Å². The number of aliphatic carboxylic acids is 1. The second kappa shape index (κ2) is 5.38. The highest BCUT2D eigenvalue weighted by Crippen LogP contribution is 2.33. The zero-order valence-electron chi connectivity index (χ0n) is 10.6. The first-order valence-electron chi connectivity index (χ1n) is 6.29. The number of carbonyl (C=O) groups is 2. The van der Waals surface area contributed by atoms with Gasteiger partial charge in [0.05, 0.1) is 17.5 Å². The molecule has 1 aromatic carbocycles. The van der Waals surface area contributed by atoms with Gasteiger partial charge in [0.2, 0.25) is 5.91 Å². The lowest BCUT2D eigenvalue weighted by Crippen LogP contribution is -2.30. The third-order valence-corrected chi connectivity index (χ3v) is 3.64. The third kappa shape index (κ3) is 2.75. The first-order valence-corrected chi connectivity index (χ1v) is 6.29. The van der Waals surface area contributed by atoms with Crippen LogP contribution in [0.1, 0.15) is 24.8 Å². The second-order valence-electron chi connectivity index (χ2n) is 4.90. The molecule has 0 spiro atoms. The third-order valence-electron chi connectivity index (χ3n) is 3.64. The quantitative estimate of drug-likeness (QED) is 0.882. The molecular weight excluding hydrogens is 249 g/mol. The smallest absolute Gasteiger partial charge is 0.307 e. The molecule has 2 unspecified atom stereocenters. The fourth-order valence-electron chi connectivity index (χ4n) is 2.58. The summed E-state index contributed by atoms with van der Waals surface area (Å²) >= 11 is 0. The maximum atomic E-state index is 13.6. The van der Waals surface area contributed by atoms with E-state index in [1.807, 2.05) is 0 Å². The highest BCUT2D eigenvalue weighted by Gasteiger charge is 2.37. The van der Waals surface area contributed by atoms with Gasteiger partial charge in [0.25, 0.3) is 0 Å². The van der Waals surface area contributed by atoms with Crippen LogP contribution in [0.4, 0.5) is 10.1 Å². The van der Waals surface area contributed by atoms with E-state index in [9.17, 15) is 14.0 Å². The van der Waals surface area contributed by atoms with Crippen molar-refractivity contribution in [1.29, 1.82) is 0 Å². The molecule has 2 rings (SSSR count). The molecule has 0 aliphatic heterocycles. The molecular formula is C14H16FNO3. The summed E-state index contributed by atoms with van der Waals surface area (Å²) in [5, 5.41) is 11.6. The van der Waals surface area contributed by atoms with Crippen LogP contribution in [0.5, 0.6) is 0 Å². The molecule has 0 bridgehead atoms. The van der Waals surface area contributed by atoms with E-state index in [0.717, 1.165) is 0 Å². The minimum atomic E-state index is -0.956. The Hall–Kier alpha value is -1.91. The van der Waals surface area contributed by atoms with Gasteiger partial charge in [0.15, 0.2) is 0 Å². The summed E-state index contributed by atoms with van der Waals surface area (Å²) in [6.45, 7) is 1.70. The van der Waals surface area contributed by atoms with Crippen LogP contribution in [0.25, 0.3) is 0 Å². The van der Waals surface area contributed by atoms with Crippen molar-refractivity contribution in [3.05, 3.63) is 29.6 Å². The Bertz CT molecular complexity index is 495. The van der Waals surface area contributed by atoms with E-state index in [1.54, 1.807) is 19.1 Å². The summed E-state index contributed by atoms with van der Waals surface area (Å²) in [7, 11) is 0. The summed E-state index contributed by atoms with van der Waals surface area (Å²) in [6.07, 6.45) is 1.76. The minimum absolute atomic E-state index is 0.142. The van der Waals surface area contributed by atoms with Gasteiger partial charge in [-0.15, -0.1) is 0 Å². The molecule has 0 heterocycles. The number of halogens is 1. The number of para-hydroxylation sites is 1. The van der Waals surface area contributed by atoms with E-state index in [-0.39, 0.29) is 5.69 Å². The van der Waals surface area contributed by atoms with Crippen molar-refractivity contribution in [3.63, 3.8) is 0 Å². The normalized spacial score (nSPS) is 22.2. The molecule has 1 aromatic rings. The number of benzene rings is 1. The number of hydrogen-bond donors (Lipinski definition) is 2. The lowest BCUT2D eigenvalue weighted by Gasteiger charge is -2.17. The summed E-state index contributed by atoms with van der Waals surface area (Å²) < 4.78 is 13.6. The van der Waals surface area contributed by atoms with Gasteiger partial charge in [0, 0.05) is 0 Å². The number of hydrogen-bond acceptors (Lipinski definition) is 2. The number of aryl methyl sites for hydroxylation is 1. The second-order valence-corrected chi connectivity index (χ2v) is 4.90. The monoisotopic (exact) mass is 265 g/mol. The fourth-order valence-corrected chi connectivity index (χ4v) is 2.58. The molecule has 1 aliphatic carbocycles. The maximum absolute atomic E-state index is 13.6. The number of rotatable bonds is 3. The predicted octanol–water partition coefficient (Wildman–Crippen LogP) is 2.57. The van der Waals surface area contributed by atoms with Gasteiger partial charge in [-0.25, -0.2) is 4.39 Å². The average Bonchev–Trinajstić information content (AvgIpc) is 2.83. The molecule has 4 nitrogen and oxygen atoms in total. The molecule has 0 saturated heterocycles. The number of anilines is 1. The Morgan fingerprint density at radius 2 is 2.00 bits per heavy atom. The molecule has 2 N–H and O–H groups in total. The Morgan fingerprint density at radius 1 is 1.32 bits per heavy atom. The number of carboxylic acids is 1. The summed E-state index contributed by atoms with van der Waals surface area (Å²) in [4.78, 5) is 23.1. The number of amides is 1. The highest BCUT2D eigenvalue weighted by molar-refractivity contribution is 5.96. The topological polar surface area (TPSA) is 66.4 Å². The standard InChI is InChI=1S/C14H16FNO3/c1-8-4-2-7-11(15)12(8)16-13(17)9-5-3-6-10(9)14(18)19/h2,4,7,9-10H,3,5-6H2,1H3,(H,16,17)(H,18,19). The average molecular weight is 265 g/mol.